The van der Waals surface area contributed by atoms with Gasteiger partial charge in [-0.3, -0.25) is 0 Å². The summed E-state index contributed by atoms with van der Waals surface area (Å²) in [4.78, 5) is 4.79. The average molecular weight is 415 g/mol. The van der Waals surface area contributed by atoms with Crippen molar-refractivity contribution in [1.29, 1.82) is 0 Å². The van der Waals surface area contributed by atoms with Gasteiger partial charge in [-0.15, -0.1) is 0 Å². The van der Waals surface area contributed by atoms with Crippen LogP contribution in [-0.2, 0) is 13.0 Å². The Labute approximate surface area is 179 Å². The van der Waals surface area contributed by atoms with Gasteiger partial charge in [0.2, 0.25) is 0 Å². The van der Waals surface area contributed by atoms with Crippen molar-refractivity contribution in [2.45, 2.75) is 66.5 Å². The molecule has 7 nitrogen and oxygen atoms in total. The van der Waals surface area contributed by atoms with Gasteiger partial charge in [0.1, 0.15) is 23.4 Å². The van der Waals surface area contributed by atoms with E-state index in [0.717, 1.165) is 59.5 Å². The third-order valence-electron chi connectivity index (χ3n) is 5.29. The highest BCUT2D eigenvalue weighted by Gasteiger charge is 2.22. The summed E-state index contributed by atoms with van der Waals surface area (Å²) in [5, 5.41) is 10.8. The molecule has 0 amide bonds. The Morgan fingerprint density at radius 3 is 2.77 bits per heavy atom. The second kappa shape index (κ2) is 9.87. The maximum Gasteiger partial charge on any atom is 0.191 e. The molecule has 2 N–H and O–H groups in total. The van der Waals surface area contributed by atoms with E-state index in [0.29, 0.717) is 13.2 Å². The summed E-state index contributed by atoms with van der Waals surface area (Å²) in [5.41, 5.74) is 4.33. The van der Waals surface area contributed by atoms with Crippen molar-refractivity contribution < 1.29 is 14.0 Å². The Balaban J connectivity index is 1.72. The number of guanidine groups is 1. The molecule has 0 bridgehead atoms. The Morgan fingerprint density at radius 1 is 1.30 bits per heavy atom. The number of fused-ring (bicyclic) bond motifs is 1. The van der Waals surface area contributed by atoms with Crippen LogP contribution in [-0.4, -0.2) is 36.9 Å². The van der Waals surface area contributed by atoms with Crippen molar-refractivity contribution in [3.05, 3.63) is 40.3 Å². The minimum absolute atomic E-state index is 0.207. The number of ether oxygens (including phenoxy) is 2. The number of aryl methyl sites for hydroxylation is 2. The standard InChI is InChI=1S/C23H34N4O3/c1-7-24-23(25-12-14(3)22-16(5)27-30-17(22)6)26-13-19-11-21-18(9-15(4)29-21)10-20(19)28-8-2/h10-11,14-15H,7-9,12-13H2,1-6H3,(H2,24,25,26). The van der Waals surface area contributed by atoms with Crippen molar-refractivity contribution >= 4 is 5.96 Å². The van der Waals surface area contributed by atoms with Crippen LogP contribution in [0.1, 0.15) is 61.8 Å². The number of hydrogen-bond acceptors (Lipinski definition) is 5. The highest BCUT2D eigenvalue weighted by Crippen LogP contribution is 2.35. The largest absolute Gasteiger partial charge is 0.494 e. The first-order valence-electron chi connectivity index (χ1n) is 10.8. The van der Waals surface area contributed by atoms with Gasteiger partial charge in [0, 0.05) is 42.1 Å². The number of hydrogen-bond donors (Lipinski definition) is 2. The molecule has 3 rings (SSSR count). The molecule has 2 heterocycles. The molecule has 0 saturated heterocycles. The Morgan fingerprint density at radius 2 is 2.10 bits per heavy atom. The molecule has 164 valence electrons. The van der Waals surface area contributed by atoms with E-state index < -0.39 is 0 Å². The lowest BCUT2D eigenvalue weighted by molar-refractivity contribution is 0.254. The molecule has 1 aromatic carbocycles. The third-order valence-corrected chi connectivity index (χ3v) is 5.29. The average Bonchev–Trinajstić information content (AvgIpc) is 3.24. The van der Waals surface area contributed by atoms with Crippen LogP contribution in [0, 0.1) is 13.8 Å². The molecule has 0 saturated carbocycles. The third kappa shape index (κ3) is 5.07. The zero-order valence-corrected chi connectivity index (χ0v) is 19.0. The van der Waals surface area contributed by atoms with Crippen LogP contribution in [0.5, 0.6) is 11.5 Å². The fraction of sp³-hybridized carbons (Fsp3) is 0.565. The van der Waals surface area contributed by atoms with E-state index in [1.807, 2.05) is 20.8 Å². The summed E-state index contributed by atoms with van der Waals surface area (Å²) in [7, 11) is 0. The van der Waals surface area contributed by atoms with Gasteiger partial charge in [-0.25, -0.2) is 4.99 Å². The van der Waals surface area contributed by atoms with E-state index in [2.05, 4.69) is 48.7 Å². The second-order valence-corrected chi connectivity index (χ2v) is 7.85. The number of aliphatic imine (C=N–C) groups is 1. The molecular weight excluding hydrogens is 380 g/mol. The molecule has 0 spiro atoms. The van der Waals surface area contributed by atoms with E-state index in [-0.39, 0.29) is 12.0 Å². The van der Waals surface area contributed by atoms with Crippen LogP contribution in [0.4, 0.5) is 0 Å². The molecule has 2 unspecified atom stereocenters. The number of benzene rings is 1. The monoisotopic (exact) mass is 414 g/mol. The fourth-order valence-corrected chi connectivity index (χ4v) is 3.95. The highest BCUT2D eigenvalue weighted by atomic mass is 16.5. The Bertz CT molecular complexity index is 871. The highest BCUT2D eigenvalue weighted by molar-refractivity contribution is 5.79. The lowest BCUT2D eigenvalue weighted by Crippen LogP contribution is -2.39. The topological polar surface area (TPSA) is 80.9 Å². The molecule has 0 fully saturated rings. The van der Waals surface area contributed by atoms with Crippen LogP contribution in [0.2, 0.25) is 0 Å². The molecule has 7 heteroatoms. The van der Waals surface area contributed by atoms with Gasteiger partial charge in [0.15, 0.2) is 5.96 Å². The molecule has 0 radical (unpaired) electrons. The van der Waals surface area contributed by atoms with Gasteiger partial charge in [0.05, 0.1) is 18.8 Å². The van der Waals surface area contributed by atoms with Crippen LogP contribution in [0.25, 0.3) is 0 Å². The van der Waals surface area contributed by atoms with Gasteiger partial charge < -0.3 is 24.6 Å². The van der Waals surface area contributed by atoms with Gasteiger partial charge in [-0.2, -0.15) is 0 Å². The van der Waals surface area contributed by atoms with Crippen molar-refractivity contribution in [2.75, 3.05) is 19.7 Å². The SMILES string of the molecule is CCNC(=NCc1cc2c(cc1OCC)CC(C)O2)NCC(C)c1c(C)noc1C. The maximum atomic E-state index is 5.93. The first kappa shape index (κ1) is 22.0. The summed E-state index contributed by atoms with van der Waals surface area (Å²) < 4.78 is 17.1. The summed E-state index contributed by atoms with van der Waals surface area (Å²) in [6, 6.07) is 4.18. The zero-order valence-electron chi connectivity index (χ0n) is 19.0. The van der Waals surface area contributed by atoms with Crippen LogP contribution in [0.3, 0.4) is 0 Å². The first-order valence-corrected chi connectivity index (χ1v) is 10.8. The first-order chi connectivity index (χ1) is 14.4. The summed E-state index contributed by atoms with van der Waals surface area (Å²) in [6.07, 6.45) is 1.13. The molecule has 30 heavy (non-hydrogen) atoms. The van der Waals surface area contributed by atoms with Crippen molar-refractivity contribution in [3.8, 4) is 11.5 Å². The summed E-state index contributed by atoms with van der Waals surface area (Å²) >= 11 is 0. The predicted molar refractivity (Wildman–Crippen MR) is 119 cm³/mol. The number of nitrogens with zero attached hydrogens (tertiary/aromatic N) is 2. The van der Waals surface area contributed by atoms with Gasteiger partial charge in [-0.05, 0) is 46.8 Å². The number of aromatic nitrogens is 1. The van der Waals surface area contributed by atoms with Crippen LogP contribution >= 0.6 is 0 Å². The molecule has 0 aliphatic carbocycles. The minimum atomic E-state index is 0.207. The quantitative estimate of drug-likeness (QED) is 0.504. The Kier molecular flexibility index (Phi) is 7.24. The molecule has 2 aromatic rings. The molecular formula is C23H34N4O3. The summed E-state index contributed by atoms with van der Waals surface area (Å²) in [6.45, 7) is 14.9. The van der Waals surface area contributed by atoms with E-state index in [1.54, 1.807) is 0 Å². The van der Waals surface area contributed by atoms with Crippen LogP contribution < -0.4 is 20.1 Å². The van der Waals surface area contributed by atoms with E-state index >= 15 is 0 Å². The van der Waals surface area contributed by atoms with Gasteiger partial charge >= 0.3 is 0 Å². The molecule has 1 aliphatic rings. The fourth-order valence-electron chi connectivity index (χ4n) is 3.95. The lowest BCUT2D eigenvalue weighted by atomic mass is 10.00. The smallest absolute Gasteiger partial charge is 0.191 e. The second-order valence-electron chi connectivity index (χ2n) is 7.85. The van der Waals surface area contributed by atoms with Crippen molar-refractivity contribution in [3.63, 3.8) is 0 Å². The van der Waals surface area contributed by atoms with E-state index in [9.17, 15) is 0 Å². The Hall–Kier alpha value is -2.70. The molecule has 2 atom stereocenters. The molecule has 1 aliphatic heterocycles. The van der Waals surface area contributed by atoms with E-state index in [1.165, 1.54) is 5.56 Å². The van der Waals surface area contributed by atoms with Gasteiger partial charge in [0.25, 0.3) is 0 Å². The van der Waals surface area contributed by atoms with Crippen molar-refractivity contribution in [2.24, 2.45) is 4.99 Å². The molecule has 1 aromatic heterocycles. The van der Waals surface area contributed by atoms with Gasteiger partial charge in [-0.1, -0.05) is 12.1 Å². The predicted octanol–water partition coefficient (Wildman–Crippen LogP) is 3.87. The normalized spacial score (nSPS) is 16.7. The zero-order chi connectivity index (χ0) is 21.7. The number of rotatable bonds is 8. The van der Waals surface area contributed by atoms with Crippen molar-refractivity contribution in [1.82, 2.24) is 15.8 Å². The minimum Gasteiger partial charge on any atom is -0.494 e. The number of nitrogens with one attached hydrogen (secondary N) is 2. The van der Waals surface area contributed by atoms with Crippen LogP contribution in [0.15, 0.2) is 21.6 Å². The maximum absolute atomic E-state index is 5.93. The lowest BCUT2D eigenvalue weighted by Gasteiger charge is -2.16. The summed E-state index contributed by atoms with van der Waals surface area (Å²) in [5.74, 6) is 3.73. The van der Waals surface area contributed by atoms with E-state index in [4.69, 9.17) is 19.0 Å².